The molecule has 0 aromatic heterocycles. The zero-order chi connectivity index (χ0) is 14.9. The minimum atomic E-state index is -0.876. The van der Waals surface area contributed by atoms with E-state index < -0.39 is 29.6 Å². The average molecular weight is 390 g/mol. The topological polar surface area (TPSA) is 66.5 Å². The highest BCUT2D eigenvalue weighted by atomic mass is 127. The summed E-state index contributed by atoms with van der Waals surface area (Å²) in [6.45, 7) is 1.85. The maximum absolute atomic E-state index is 13.1. The molecule has 1 heterocycles. The molecule has 0 spiro atoms. The third-order valence-electron chi connectivity index (χ3n) is 3.00. The molecule has 2 rings (SSSR count). The van der Waals surface area contributed by atoms with Crippen LogP contribution < -0.4 is 10.2 Å². The molecule has 0 saturated carbocycles. The van der Waals surface area contributed by atoms with Crippen LogP contribution in [0.15, 0.2) is 18.2 Å². The highest BCUT2D eigenvalue weighted by Crippen LogP contribution is 2.28. The van der Waals surface area contributed by atoms with Gasteiger partial charge in [-0.25, -0.2) is 14.1 Å². The quantitative estimate of drug-likeness (QED) is 0.637. The van der Waals surface area contributed by atoms with Gasteiger partial charge in [0.25, 0.3) is 0 Å². The summed E-state index contributed by atoms with van der Waals surface area (Å²) in [7, 11) is 0. The largest absolute Gasteiger partial charge is 0.335 e. The number of benzene rings is 1. The Hall–Kier alpha value is -1.51. The number of anilines is 1. The van der Waals surface area contributed by atoms with E-state index in [-0.39, 0.29) is 5.69 Å². The lowest BCUT2D eigenvalue weighted by Crippen LogP contribution is -2.58. The van der Waals surface area contributed by atoms with E-state index in [9.17, 15) is 18.8 Å². The number of nitrogens with zero attached hydrogens (tertiary/aromatic N) is 1. The first-order valence-electron chi connectivity index (χ1n) is 6.09. The van der Waals surface area contributed by atoms with Crippen LogP contribution in [0.3, 0.4) is 0 Å². The van der Waals surface area contributed by atoms with Crippen molar-refractivity contribution in [2.45, 2.75) is 19.8 Å². The van der Waals surface area contributed by atoms with E-state index in [1.54, 1.807) is 0 Å². The first kappa shape index (κ1) is 14.9. The molecule has 0 bridgehead atoms. The van der Waals surface area contributed by atoms with Gasteiger partial charge in [0.2, 0.25) is 11.8 Å². The standard InChI is InChI=1S/C13H12FIN2O3/c1-2-3-8-11(18)16-13(20)17(12(8)19)10-5-4-7(14)6-9(10)15/h4-6,8H,2-3H2,1H3,(H,16,18,20). The molecule has 106 valence electrons. The number of barbiturate groups is 1. The molecule has 1 aromatic carbocycles. The van der Waals surface area contributed by atoms with Gasteiger partial charge in [-0.05, 0) is 47.2 Å². The molecule has 0 radical (unpaired) electrons. The Bertz CT molecular complexity index is 591. The molecule has 1 unspecified atom stereocenters. The minimum Gasteiger partial charge on any atom is -0.277 e. The molecule has 5 nitrogen and oxygen atoms in total. The van der Waals surface area contributed by atoms with E-state index in [0.29, 0.717) is 16.4 Å². The maximum Gasteiger partial charge on any atom is 0.335 e. The summed E-state index contributed by atoms with van der Waals surface area (Å²) in [6.07, 6.45) is 1.01. The van der Waals surface area contributed by atoms with Gasteiger partial charge in [-0.3, -0.25) is 14.9 Å². The number of amides is 4. The number of imide groups is 2. The molecular weight excluding hydrogens is 378 g/mol. The van der Waals surface area contributed by atoms with Crippen molar-refractivity contribution in [1.82, 2.24) is 5.32 Å². The second-order valence-electron chi connectivity index (χ2n) is 4.41. The van der Waals surface area contributed by atoms with E-state index in [0.717, 1.165) is 4.90 Å². The first-order chi connectivity index (χ1) is 9.45. The van der Waals surface area contributed by atoms with Crippen LogP contribution in [0.25, 0.3) is 0 Å². The number of halogens is 2. The molecule has 1 N–H and O–H groups in total. The van der Waals surface area contributed by atoms with Crippen LogP contribution >= 0.6 is 22.6 Å². The van der Waals surface area contributed by atoms with Crippen molar-refractivity contribution in [3.63, 3.8) is 0 Å². The summed E-state index contributed by atoms with van der Waals surface area (Å²) in [4.78, 5) is 36.8. The summed E-state index contributed by atoms with van der Waals surface area (Å²) in [5, 5.41) is 2.17. The minimum absolute atomic E-state index is 0.281. The Morgan fingerprint density at radius 2 is 2.05 bits per heavy atom. The maximum atomic E-state index is 13.1. The van der Waals surface area contributed by atoms with Crippen molar-refractivity contribution in [2.75, 3.05) is 4.90 Å². The molecule has 1 aromatic rings. The molecular formula is C13H12FIN2O3. The Labute approximate surface area is 128 Å². The molecule has 1 aliphatic heterocycles. The molecule has 1 atom stereocenters. The average Bonchev–Trinajstić information content (AvgIpc) is 2.37. The monoisotopic (exact) mass is 390 g/mol. The number of carbonyl (C=O) groups is 3. The third-order valence-corrected chi connectivity index (χ3v) is 3.86. The second kappa shape index (κ2) is 5.86. The van der Waals surface area contributed by atoms with Crippen LogP contribution in [-0.2, 0) is 9.59 Å². The SMILES string of the molecule is CCCC1C(=O)NC(=O)N(c2ccc(F)cc2I)C1=O. The van der Waals surface area contributed by atoms with Crippen LogP contribution in [0.2, 0.25) is 0 Å². The highest BCUT2D eigenvalue weighted by Gasteiger charge is 2.41. The first-order valence-corrected chi connectivity index (χ1v) is 7.17. The predicted molar refractivity (Wildman–Crippen MR) is 78.5 cm³/mol. The Morgan fingerprint density at radius 1 is 1.35 bits per heavy atom. The zero-order valence-corrected chi connectivity index (χ0v) is 12.8. The fourth-order valence-electron chi connectivity index (χ4n) is 2.05. The Kier molecular flexibility index (Phi) is 4.36. The van der Waals surface area contributed by atoms with Gasteiger partial charge in [0, 0.05) is 3.57 Å². The molecule has 1 aliphatic rings. The lowest BCUT2D eigenvalue weighted by Gasteiger charge is -2.30. The lowest BCUT2D eigenvalue weighted by atomic mass is 9.99. The van der Waals surface area contributed by atoms with Crippen LogP contribution in [0.1, 0.15) is 19.8 Å². The fourth-order valence-corrected chi connectivity index (χ4v) is 2.77. The van der Waals surface area contributed by atoms with E-state index in [1.165, 1.54) is 18.2 Å². The van der Waals surface area contributed by atoms with E-state index >= 15 is 0 Å². The normalized spacial score (nSPS) is 19.2. The molecule has 7 heteroatoms. The molecule has 1 saturated heterocycles. The van der Waals surface area contributed by atoms with Crippen molar-refractivity contribution >= 4 is 46.1 Å². The van der Waals surface area contributed by atoms with Gasteiger partial charge in [0.05, 0.1) is 5.69 Å². The van der Waals surface area contributed by atoms with Crippen LogP contribution in [0, 0.1) is 15.3 Å². The number of hydrogen-bond acceptors (Lipinski definition) is 3. The summed E-state index contributed by atoms with van der Waals surface area (Å²) in [5.41, 5.74) is 0.281. The summed E-state index contributed by atoms with van der Waals surface area (Å²) in [5.74, 6) is -2.47. The van der Waals surface area contributed by atoms with Crippen molar-refractivity contribution in [3.8, 4) is 0 Å². The van der Waals surface area contributed by atoms with Gasteiger partial charge in [0.1, 0.15) is 11.7 Å². The number of urea groups is 1. The van der Waals surface area contributed by atoms with E-state index in [1.807, 2.05) is 29.5 Å². The fraction of sp³-hybridized carbons (Fsp3) is 0.308. The zero-order valence-electron chi connectivity index (χ0n) is 10.7. The van der Waals surface area contributed by atoms with E-state index in [2.05, 4.69) is 5.32 Å². The number of nitrogens with one attached hydrogen (secondary N) is 1. The summed E-state index contributed by atoms with van der Waals surface area (Å²) < 4.78 is 13.5. The Balaban J connectivity index is 2.41. The predicted octanol–water partition coefficient (Wildman–Crippen LogP) is 2.43. The Morgan fingerprint density at radius 3 is 2.65 bits per heavy atom. The van der Waals surface area contributed by atoms with Crippen molar-refractivity contribution in [1.29, 1.82) is 0 Å². The number of carbonyl (C=O) groups excluding carboxylic acids is 3. The van der Waals surface area contributed by atoms with Crippen LogP contribution in [0.5, 0.6) is 0 Å². The van der Waals surface area contributed by atoms with Gasteiger partial charge in [-0.1, -0.05) is 13.3 Å². The summed E-state index contributed by atoms with van der Waals surface area (Å²) in [6, 6.07) is 2.95. The van der Waals surface area contributed by atoms with Crippen LogP contribution in [-0.4, -0.2) is 17.8 Å². The number of hydrogen-bond donors (Lipinski definition) is 1. The van der Waals surface area contributed by atoms with Gasteiger partial charge in [0.15, 0.2) is 0 Å². The lowest BCUT2D eigenvalue weighted by molar-refractivity contribution is -0.134. The van der Waals surface area contributed by atoms with Gasteiger partial charge in [-0.2, -0.15) is 0 Å². The number of rotatable bonds is 3. The second-order valence-corrected chi connectivity index (χ2v) is 5.57. The smallest absolute Gasteiger partial charge is 0.277 e. The molecule has 0 aliphatic carbocycles. The highest BCUT2D eigenvalue weighted by molar-refractivity contribution is 14.1. The molecule has 20 heavy (non-hydrogen) atoms. The van der Waals surface area contributed by atoms with Crippen molar-refractivity contribution in [3.05, 3.63) is 27.6 Å². The van der Waals surface area contributed by atoms with E-state index in [4.69, 9.17) is 0 Å². The van der Waals surface area contributed by atoms with Crippen molar-refractivity contribution in [2.24, 2.45) is 5.92 Å². The molecule has 1 fully saturated rings. The van der Waals surface area contributed by atoms with Crippen molar-refractivity contribution < 1.29 is 18.8 Å². The molecule has 4 amide bonds. The van der Waals surface area contributed by atoms with Gasteiger partial charge < -0.3 is 0 Å². The van der Waals surface area contributed by atoms with Gasteiger partial charge >= 0.3 is 6.03 Å². The van der Waals surface area contributed by atoms with Gasteiger partial charge in [-0.15, -0.1) is 0 Å². The van der Waals surface area contributed by atoms with Crippen LogP contribution in [0.4, 0.5) is 14.9 Å². The summed E-state index contributed by atoms with van der Waals surface area (Å²) >= 11 is 1.84. The third kappa shape index (κ3) is 2.67.